The van der Waals surface area contributed by atoms with Gasteiger partial charge in [-0.25, -0.2) is 13.1 Å². The van der Waals surface area contributed by atoms with E-state index in [4.69, 9.17) is 5.73 Å². The number of rotatable bonds is 8. The second kappa shape index (κ2) is 8.57. The van der Waals surface area contributed by atoms with Crippen molar-refractivity contribution >= 4 is 27.3 Å². The van der Waals surface area contributed by atoms with E-state index < -0.39 is 10.0 Å². The SMILES string of the molecule is CC(CN)N(C)C(=O)c1ccc(S(=O)(=O)NCCc2cccs2)cc1. The molecule has 0 saturated carbocycles. The molecule has 0 aliphatic carbocycles. The van der Waals surface area contributed by atoms with Gasteiger partial charge in [0.15, 0.2) is 0 Å². The Labute approximate surface area is 152 Å². The maximum Gasteiger partial charge on any atom is 0.253 e. The summed E-state index contributed by atoms with van der Waals surface area (Å²) >= 11 is 1.60. The second-order valence-electron chi connectivity index (χ2n) is 5.75. The van der Waals surface area contributed by atoms with Crippen LogP contribution in [0.2, 0.25) is 0 Å². The zero-order valence-corrected chi connectivity index (χ0v) is 15.9. The van der Waals surface area contributed by atoms with Crippen molar-refractivity contribution in [1.29, 1.82) is 0 Å². The summed E-state index contributed by atoms with van der Waals surface area (Å²) in [6.07, 6.45) is 0.648. The second-order valence-corrected chi connectivity index (χ2v) is 8.55. The van der Waals surface area contributed by atoms with E-state index in [1.807, 2.05) is 24.4 Å². The van der Waals surface area contributed by atoms with E-state index in [0.717, 1.165) is 4.88 Å². The summed E-state index contributed by atoms with van der Waals surface area (Å²) in [5.74, 6) is -0.187. The molecule has 0 fully saturated rings. The van der Waals surface area contributed by atoms with Gasteiger partial charge in [-0.2, -0.15) is 0 Å². The monoisotopic (exact) mass is 381 g/mol. The largest absolute Gasteiger partial charge is 0.338 e. The van der Waals surface area contributed by atoms with Gasteiger partial charge in [-0.05, 0) is 49.1 Å². The molecule has 1 unspecified atom stereocenters. The molecular formula is C17H23N3O3S2. The molecule has 25 heavy (non-hydrogen) atoms. The number of nitrogens with two attached hydrogens (primary N) is 1. The Hall–Kier alpha value is -1.74. The number of benzene rings is 1. The van der Waals surface area contributed by atoms with Crippen LogP contribution in [0.5, 0.6) is 0 Å². The van der Waals surface area contributed by atoms with Crippen molar-refractivity contribution in [2.24, 2.45) is 5.73 Å². The first-order valence-corrected chi connectivity index (χ1v) is 10.3. The van der Waals surface area contributed by atoms with Crippen LogP contribution in [0.4, 0.5) is 0 Å². The summed E-state index contributed by atoms with van der Waals surface area (Å²) < 4.78 is 27.2. The number of hydrogen-bond acceptors (Lipinski definition) is 5. The molecule has 3 N–H and O–H groups in total. The third kappa shape index (κ3) is 5.12. The normalized spacial score (nSPS) is 12.8. The van der Waals surface area contributed by atoms with Crippen LogP contribution in [0, 0.1) is 0 Å². The Bertz CT molecular complexity index is 787. The number of carbonyl (C=O) groups is 1. The van der Waals surface area contributed by atoms with Gasteiger partial charge in [-0.3, -0.25) is 4.79 Å². The first-order chi connectivity index (χ1) is 11.8. The fraction of sp³-hybridized carbons (Fsp3) is 0.353. The number of hydrogen-bond donors (Lipinski definition) is 2. The fourth-order valence-corrected chi connectivity index (χ4v) is 3.93. The number of nitrogens with one attached hydrogen (secondary N) is 1. The van der Waals surface area contributed by atoms with Crippen LogP contribution in [0.1, 0.15) is 22.2 Å². The van der Waals surface area contributed by atoms with Crippen LogP contribution in [0.25, 0.3) is 0 Å². The van der Waals surface area contributed by atoms with Gasteiger partial charge in [0.2, 0.25) is 10.0 Å². The number of thiophene rings is 1. The van der Waals surface area contributed by atoms with Gasteiger partial charge < -0.3 is 10.6 Å². The van der Waals surface area contributed by atoms with Crippen LogP contribution < -0.4 is 10.5 Å². The molecule has 0 saturated heterocycles. The standard InChI is InChI=1S/C17H23N3O3S2/c1-13(12-18)20(2)17(21)14-5-7-16(8-6-14)25(22,23)19-10-9-15-4-3-11-24-15/h3-8,11,13,19H,9-10,12,18H2,1-2H3. The molecule has 0 aliphatic heterocycles. The maximum atomic E-state index is 12.3. The Morgan fingerprint density at radius 1 is 1.28 bits per heavy atom. The molecule has 0 spiro atoms. The van der Waals surface area contributed by atoms with Crippen molar-refractivity contribution in [2.45, 2.75) is 24.3 Å². The van der Waals surface area contributed by atoms with Gasteiger partial charge in [0.25, 0.3) is 5.91 Å². The zero-order chi connectivity index (χ0) is 18.4. The zero-order valence-electron chi connectivity index (χ0n) is 14.3. The predicted molar refractivity (Wildman–Crippen MR) is 100 cm³/mol. The Morgan fingerprint density at radius 2 is 1.96 bits per heavy atom. The van der Waals surface area contributed by atoms with Gasteiger partial charge in [0.05, 0.1) is 4.90 Å². The van der Waals surface area contributed by atoms with Crippen molar-refractivity contribution in [1.82, 2.24) is 9.62 Å². The predicted octanol–water partition coefficient (Wildman–Crippen LogP) is 1.69. The molecule has 1 atom stereocenters. The third-order valence-corrected chi connectivity index (χ3v) is 6.39. The number of amides is 1. The van der Waals surface area contributed by atoms with Gasteiger partial charge in [0, 0.05) is 36.6 Å². The van der Waals surface area contributed by atoms with E-state index in [-0.39, 0.29) is 16.8 Å². The number of nitrogens with zero attached hydrogens (tertiary/aromatic N) is 1. The summed E-state index contributed by atoms with van der Waals surface area (Å²) in [6.45, 7) is 2.55. The molecule has 2 aromatic rings. The smallest absolute Gasteiger partial charge is 0.253 e. The molecule has 1 heterocycles. The van der Waals surface area contributed by atoms with Crippen molar-refractivity contribution in [3.63, 3.8) is 0 Å². The van der Waals surface area contributed by atoms with E-state index in [9.17, 15) is 13.2 Å². The first-order valence-electron chi connectivity index (χ1n) is 7.94. The minimum atomic E-state index is -3.59. The van der Waals surface area contributed by atoms with Crippen LogP contribution in [-0.2, 0) is 16.4 Å². The molecule has 6 nitrogen and oxygen atoms in total. The molecule has 0 aliphatic rings. The Balaban J connectivity index is 2.01. The van der Waals surface area contributed by atoms with Crippen LogP contribution in [0.15, 0.2) is 46.7 Å². The molecule has 2 rings (SSSR count). The Kier molecular flexibility index (Phi) is 6.71. The lowest BCUT2D eigenvalue weighted by Crippen LogP contribution is -2.39. The highest BCUT2D eigenvalue weighted by Crippen LogP contribution is 2.14. The van der Waals surface area contributed by atoms with Crippen molar-refractivity contribution in [2.75, 3.05) is 20.1 Å². The van der Waals surface area contributed by atoms with E-state index in [1.54, 1.807) is 23.3 Å². The first kappa shape index (κ1) is 19.6. The lowest BCUT2D eigenvalue weighted by atomic mass is 10.2. The van der Waals surface area contributed by atoms with Gasteiger partial charge >= 0.3 is 0 Å². The maximum absolute atomic E-state index is 12.3. The van der Waals surface area contributed by atoms with E-state index >= 15 is 0 Å². The molecule has 1 aromatic carbocycles. The molecule has 0 radical (unpaired) electrons. The average molecular weight is 382 g/mol. The van der Waals surface area contributed by atoms with Gasteiger partial charge in [-0.1, -0.05) is 6.07 Å². The summed E-state index contributed by atoms with van der Waals surface area (Å²) in [5.41, 5.74) is 6.00. The average Bonchev–Trinajstić information content (AvgIpc) is 3.13. The van der Waals surface area contributed by atoms with Gasteiger partial charge in [0.1, 0.15) is 0 Å². The third-order valence-electron chi connectivity index (χ3n) is 3.98. The number of likely N-dealkylation sites (N-methyl/N-ethyl adjacent to an activating group) is 1. The Morgan fingerprint density at radius 3 is 2.52 bits per heavy atom. The molecule has 1 amide bonds. The highest BCUT2D eigenvalue weighted by Gasteiger charge is 2.18. The molecule has 0 bridgehead atoms. The molecular weight excluding hydrogens is 358 g/mol. The molecule has 1 aromatic heterocycles. The minimum Gasteiger partial charge on any atom is -0.338 e. The quantitative estimate of drug-likeness (QED) is 0.728. The lowest BCUT2D eigenvalue weighted by Gasteiger charge is -2.23. The van der Waals surface area contributed by atoms with Crippen molar-refractivity contribution in [3.05, 3.63) is 52.2 Å². The van der Waals surface area contributed by atoms with Gasteiger partial charge in [-0.15, -0.1) is 11.3 Å². The highest BCUT2D eigenvalue weighted by atomic mass is 32.2. The fourth-order valence-electron chi connectivity index (χ4n) is 2.19. The topological polar surface area (TPSA) is 92.5 Å². The highest BCUT2D eigenvalue weighted by molar-refractivity contribution is 7.89. The van der Waals surface area contributed by atoms with Crippen LogP contribution in [-0.4, -0.2) is 45.4 Å². The van der Waals surface area contributed by atoms with Crippen molar-refractivity contribution < 1.29 is 13.2 Å². The van der Waals surface area contributed by atoms with E-state index in [0.29, 0.717) is 25.1 Å². The summed E-state index contributed by atoms with van der Waals surface area (Å²) in [5, 5.41) is 1.96. The van der Waals surface area contributed by atoms with E-state index in [1.165, 1.54) is 24.3 Å². The van der Waals surface area contributed by atoms with Crippen LogP contribution >= 0.6 is 11.3 Å². The summed E-state index contributed by atoms with van der Waals surface area (Å²) in [4.78, 5) is 15.1. The summed E-state index contributed by atoms with van der Waals surface area (Å²) in [6, 6.07) is 9.76. The number of sulfonamides is 1. The van der Waals surface area contributed by atoms with Crippen molar-refractivity contribution in [3.8, 4) is 0 Å². The molecule has 8 heteroatoms. The number of carbonyl (C=O) groups excluding carboxylic acids is 1. The lowest BCUT2D eigenvalue weighted by molar-refractivity contribution is 0.0748. The van der Waals surface area contributed by atoms with E-state index in [2.05, 4.69) is 4.72 Å². The minimum absolute atomic E-state index is 0.0881. The van der Waals surface area contributed by atoms with Crippen LogP contribution in [0.3, 0.4) is 0 Å². The molecule has 136 valence electrons. The summed E-state index contributed by atoms with van der Waals surface area (Å²) in [7, 11) is -1.91.